The minimum Gasteiger partial charge on any atom is -0.340 e. The first-order valence-electron chi connectivity index (χ1n) is 5.65. The fraction of sp³-hybridized carbons (Fsp3) is 0. The first-order chi connectivity index (χ1) is 9.22. The van der Waals surface area contributed by atoms with Gasteiger partial charge in [-0.25, -0.2) is 9.97 Å². The molecule has 0 spiro atoms. The van der Waals surface area contributed by atoms with Gasteiger partial charge in [0, 0.05) is 20.0 Å². The number of hydrogen-bond donors (Lipinski definition) is 1. The number of fused-ring (bicyclic) bond motifs is 1. The van der Waals surface area contributed by atoms with Crippen molar-refractivity contribution >= 4 is 54.3 Å². The van der Waals surface area contributed by atoms with Gasteiger partial charge in [-0.15, -0.1) is 0 Å². The molecule has 3 nitrogen and oxygen atoms in total. The van der Waals surface area contributed by atoms with Crippen molar-refractivity contribution in [2.45, 2.75) is 0 Å². The third-order valence-corrected chi connectivity index (χ3v) is 3.73. The van der Waals surface area contributed by atoms with Crippen LogP contribution in [0.3, 0.4) is 0 Å². The average Bonchev–Trinajstić information content (AvgIpc) is 2.42. The molecule has 2 aromatic carbocycles. The molecule has 1 N–H and O–H groups in total. The maximum atomic E-state index is 4.31. The monoisotopic (exact) mass is 377 g/mol. The van der Waals surface area contributed by atoms with Crippen molar-refractivity contribution in [2.75, 3.05) is 5.32 Å². The molecule has 0 aliphatic heterocycles. The Morgan fingerprint density at radius 1 is 0.842 bits per heavy atom. The van der Waals surface area contributed by atoms with Crippen molar-refractivity contribution < 1.29 is 0 Å². The standard InChI is InChI=1S/C14H9Br2N3/c15-9-1-4-11(5-2-9)19-14-12-7-10(16)3-6-13(12)17-8-18-14/h1-8H,(H,17,18,19). The second-order valence-corrected chi connectivity index (χ2v) is 5.85. The third-order valence-electron chi connectivity index (χ3n) is 2.70. The van der Waals surface area contributed by atoms with Crippen LogP contribution in [-0.4, -0.2) is 9.97 Å². The largest absolute Gasteiger partial charge is 0.340 e. The van der Waals surface area contributed by atoms with E-state index >= 15 is 0 Å². The van der Waals surface area contributed by atoms with Crippen molar-refractivity contribution in [2.24, 2.45) is 0 Å². The molecule has 0 radical (unpaired) electrons. The Kier molecular flexibility index (Phi) is 3.48. The molecule has 1 aromatic heterocycles. The van der Waals surface area contributed by atoms with Crippen molar-refractivity contribution in [3.63, 3.8) is 0 Å². The van der Waals surface area contributed by atoms with Crippen LogP contribution in [0, 0.1) is 0 Å². The highest BCUT2D eigenvalue weighted by molar-refractivity contribution is 9.10. The molecule has 0 amide bonds. The van der Waals surface area contributed by atoms with Crippen molar-refractivity contribution in [1.82, 2.24) is 9.97 Å². The van der Waals surface area contributed by atoms with Gasteiger partial charge >= 0.3 is 0 Å². The zero-order valence-corrected chi connectivity index (χ0v) is 12.9. The number of anilines is 2. The van der Waals surface area contributed by atoms with Gasteiger partial charge in [-0.05, 0) is 42.5 Å². The highest BCUT2D eigenvalue weighted by Gasteiger charge is 2.04. The molecule has 0 fully saturated rings. The van der Waals surface area contributed by atoms with E-state index in [0.717, 1.165) is 31.4 Å². The number of hydrogen-bond acceptors (Lipinski definition) is 3. The molecule has 1 heterocycles. The molecule has 0 aliphatic carbocycles. The summed E-state index contributed by atoms with van der Waals surface area (Å²) >= 11 is 6.89. The third kappa shape index (κ3) is 2.77. The predicted octanol–water partition coefficient (Wildman–Crippen LogP) is 4.90. The van der Waals surface area contributed by atoms with E-state index < -0.39 is 0 Å². The predicted molar refractivity (Wildman–Crippen MR) is 84.7 cm³/mol. The maximum absolute atomic E-state index is 4.31. The summed E-state index contributed by atoms with van der Waals surface area (Å²) in [6, 6.07) is 13.9. The molecule has 19 heavy (non-hydrogen) atoms. The summed E-state index contributed by atoms with van der Waals surface area (Å²) in [6.45, 7) is 0. The van der Waals surface area contributed by atoms with Gasteiger partial charge < -0.3 is 5.32 Å². The van der Waals surface area contributed by atoms with Crippen LogP contribution in [0.25, 0.3) is 10.9 Å². The lowest BCUT2D eigenvalue weighted by atomic mass is 10.2. The van der Waals surface area contributed by atoms with Gasteiger partial charge in [0.05, 0.1) is 5.52 Å². The molecule has 5 heteroatoms. The van der Waals surface area contributed by atoms with E-state index in [0.29, 0.717) is 0 Å². The van der Waals surface area contributed by atoms with Gasteiger partial charge in [-0.2, -0.15) is 0 Å². The van der Waals surface area contributed by atoms with Crippen LogP contribution < -0.4 is 5.32 Å². The van der Waals surface area contributed by atoms with E-state index in [9.17, 15) is 0 Å². The molecule has 94 valence electrons. The quantitative estimate of drug-likeness (QED) is 0.689. The number of nitrogens with one attached hydrogen (secondary N) is 1. The van der Waals surface area contributed by atoms with Crippen LogP contribution in [0.5, 0.6) is 0 Å². The summed E-state index contributed by atoms with van der Waals surface area (Å²) in [7, 11) is 0. The molecular formula is C14H9Br2N3. The highest BCUT2D eigenvalue weighted by Crippen LogP contribution is 2.26. The summed E-state index contributed by atoms with van der Waals surface area (Å²) in [5, 5.41) is 4.29. The average molecular weight is 379 g/mol. The molecule has 0 atom stereocenters. The SMILES string of the molecule is Brc1ccc(Nc2ncnc3ccc(Br)cc23)cc1. The van der Waals surface area contributed by atoms with Crippen LogP contribution in [0.4, 0.5) is 11.5 Å². The Hall–Kier alpha value is -1.46. The van der Waals surface area contributed by atoms with Gasteiger partial charge in [0.2, 0.25) is 0 Å². The number of rotatable bonds is 2. The number of nitrogens with zero attached hydrogens (tertiary/aromatic N) is 2. The van der Waals surface area contributed by atoms with Crippen LogP contribution in [0.2, 0.25) is 0 Å². The smallest absolute Gasteiger partial charge is 0.141 e. The van der Waals surface area contributed by atoms with Crippen LogP contribution in [0.1, 0.15) is 0 Å². The second-order valence-electron chi connectivity index (χ2n) is 4.02. The van der Waals surface area contributed by atoms with Crippen LogP contribution in [0.15, 0.2) is 57.7 Å². The number of halogens is 2. The summed E-state index contributed by atoms with van der Waals surface area (Å²) < 4.78 is 2.06. The molecule has 3 aromatic rings. The summed E-state index contributed by atoms with van der Waals surface area (Å²) in [4.78, 5) is 8.57. The lowest BCUT2D eigenvalue weighted by Crippen LogP contribution is -1.95. The van der Waals surface area contributed by atoms with E-state index in [2.05, 4.69) is 47.1 Å². The van der Waals surface area contributed by atoms with Crippen molar-refractivity contribution in [3.05, 3.63) is 57.7 Å². The first kappa shape index (κ1) is 12.6. The lowest BCUT2D eigenvalue weighted by Gasteiger charge is -2.08. The highest BCUT2D eigenvalue weighted by atomic mass is 79.9. The van der Waals surface area contributed by atoms with E-state index in [1.165, 1.54) is 0 Å². The molecule has 3 rings (SSSR count). The Labute approximate surface area is 127 Å². The second kappa shape index (κ2) is 5.27. The fourth-order valence-corrected chi connectivity index (χ4v) is 2.42. The van der Waals surface area contributed by atoms with Gasteiger partial charge in [0.25, 0.3) is 0 Å². The number of benzene rings is 2. The Bertz CT molecular complexity index is 726. The Morgan fingerprint density at radius 3 is 2.37 bits per heavy atom. The molecule has 0 aliphatic rings. The van der Waals surface area contributed by atoms with Crippen molar-refractivity contribution in [3.8, 4) is 0 Å². The zero-order valence-electron chi connectivity index (χ0n) is 9.77. The maximum Gasteiger partial charge on any atom is 0.141 e. The Morgan fingerprint density at radius 2 is 1.58 bits per heavy atom. The lowest BCUT2D eigenvalue weighted by molar-refractivity contribution is 1.22. The molecular weight excluding hydrogens is 370 g/mol. The summed E-state index contributed by atoms with van der Waals surface area (Å²) in [5.41, 5.74) is 1.90. The van der Waals surface area contributed by atoms with Gasteiger partial charge in [-0.1, -0.05) is 31.9 Å². The molecule has 0 bridgehead atoms. The van der Waals surface area contributed by atoms with E-state index in [1.807, 2.05) is 42.5 Å². The summed E-state index contributed by atoms with van der Waals surface area (Å²) in [6.07, 6.45) is 1.57. The number of aromatic nitrogens is 2. The topological polar surface area (TPSA) is 37.8 Å². The molecule has 0 saturated heterocycles. The van der Waals surface area contributed by atoms with Gasteiger partial charge in [0.15, 0.2) is 0 Å². The molecule has 0 saturated carbocycles. The minimum absolute atomic E-state index is 0.800. The first-order valence-corrected chi connectivity index (χ1v) is 7.24. The van der Waals surface area contributed by atoms with Crippen LogP contribution >= 0.6 is 31.9 Å². The van der Waals surface area contributed by atoms with Gasteiger partial charge in [0.1, 0.15) is 12.1 Å². The van der Waals surface area contributed by atoms with E-state index in [4.69, 9.17) is 0 Å². The van der Waals surface area contributed by atoms with Gasteiger partial charge in [-0.3, -0.25) is 0 Å². The van der Waals surface area contributed by atoms with E-state index in [1.54, 1.807) is 6.33 Å². The minimum atomic E-state index is 0.800. The molecule has 0 unspecified atom stereocenters. The van der Waals surface area contributed by atoms with E-state index in [-0.39, 0.29) is 0 Å². The van der Waals surface area contributed by atoms with Crippen molar-refractivity contribution in [1.29, 1.82) is 0 Å². The normalized spacial score (nSPS) is 10.6. The zero-order chi connectivity index (χ0) is 13.2. The van der Waals surface area contributed by atoms with Crippen LogP contribution in [-0.2, 0) is 0 Å². The fourth-order valence-electron chi connectivity index (χ4n) is 1.80. The summed E-state index contributed by atoms with van der Waals surface area (Å²) in [5.74, 6) is 0.800. The Balaban J connectivity index is 2.05.